The van der Waals surface area contributed by atoms with E-state index in [-0.39, 0.29) is 11.8 Å². The second-order valence-corrected chi connectivity index (χ2v) is 5.99. The maximum absolute atomic E-state index is 12.4. The van der Waals surface area contributed by atoms with Crippen LogP contribution in [0.15, 0.2) is 65.8 Å². The number of benzene rings is 2. The molecule has 130 valence electrons. The number of carbonyl (C=O) groups excluding carboxylic acids is 1. The van der Waals surface area contributed by atoms with E-state index in [9.17, 15) is 4.79 Å². The lowest BCUT2D eigenvalue weighted by Gasteiger charge is -2.34. The molecule has 2 aromatic rings. The Morgan fingerprint density at radius 1 is 1.04 bits per heavy atom. The molecule has 1 fully saturated rings. The fourth-order valence-electron chi connectivity index (χ4n) is 2.98. The van der Waals surface area contributed by atoms with Crippen molar-refractivity contribution in [2.75, 3.05) is 31.7 Å². The van der Waals surface area contributed by atoms with E-state index in [1.54, 1.807) is 6.92 Å². The van der Waals surface area contributed by atoms with E-state index in [2.05, 4.69) is 15.4 Å². The summed E-state index contributed by atoms with van der Waals surface area (Å²) in [5, 5.41) is 4.48. The molecule has 0 aromatic heterocycles. The summed E-state index contributed by atoms with van der Waals surface area (Å²) in [5.41, 5.74) is 5.46. The third kappa shape index (κ3) is 4.53. The lowest BCUT2D eigenvalue weighted by atomic mass is 9.97. The number of Topliss-reactive ketones (excluding diaryl/α,β-unsaturated/α-hetero) is 1. The summed E-state index contributed by atoms with van der Waals surface area (Å²) in [6, 6.07) is 19.5. The topological polar surface area (TPSA) is 53.9 Å². The van der Waals surface area contributed by atoms with Gasteiger partial charge >= 0.3 is 0 Å². The maximum atomic E-state index is 12.4. The summed E-state index contributed by atoms with van der Waals surface area (Å²) < 4.78 is 5.47. The highest BCUT2D eigenvalue weighted by Gasteiger charge is 2.29. The van der Waals surface area contributed by atoms with Gasteiger partial charge in [-0.05, 0) is 17.7 Å². The Hall–Kier alpha value is -2.50. The molecule has 5 heteroatoms. The van der Waals surface area contributed by atoms with Crippen LogP contribution in [-0.4, -0.2) is 42.7 Å². The first kappa shape index (κ1) is 17.3. The number of para-hydroxylation sites is 1. The first-order chi connectivity index (χ1) is 12.3. The fourth-order valence-corrected chi connectivity index (χ4v) is 2.98. The Morgan fingerprint density at radius 3 is 2.24 bits per heavy atom. The summed E-state index contributed by atoms with van der Waals surface area (Å²) in [6.07, 6.45) is 0. The number of anilines is 1. The molecule has 25 heavy (non-hydrogen) atoms. The van der Waals surface area contributed by atoms with E-state index >= 15 is 0 Å². The van der Waals surface area contributed by atoms with Gasteiger partial charge in [0, 0.05) is 20.0 Å². The maximum Gasteiger partial charge on any atom is 0.177 e. The quantitative estimate of drug-likeness (QED) is 0.650. The van der Waals surface area contributed by atoms with Gasteiger partial charge in [0.15, 0.2) is 5.78 Å². The van der Waals surface area contributed by atoms with Crippen molar-refractivity contribution < 1.29 is 9.53 Å². The minimum atomic E-state index is -0.182. The number of hydrazone groups is 1. The van der Waals surface area contributed by atoms with E-state index in [0.717, 1.165) is 24.3 Å². The van der Waals surface area contributed by atoms with Gasteiger partial charge in [0.25, 0.3) is 0 Å². The van der Waals surface area contributed by atoms with E-state index in [0.29, 0.717) is 18.9 Å². The Bertz CT molecular complexity index is 710. The minimum Gasteiger partial charge on any atom is -0.379 e. The molecule has 1 heterocycles. The first-order valence-corrected chi connectivity index (χ1v) is 8.52. The van der Waals surface area contributed by atoms with Crippen LogP contribution in [0, 0.1) is 0 Å². The zero-order valence-electron chi connectivity index (χ0n) is 14.4. The average molecular weight is 337 g/mol. The van der Waals surface area contributed by atoms with Gasteiger partial charge in [0.2, 0.25) is 0 Å². The number of nitrogens with zero attached hydrogens (tertiary/aromatic N) is 2. The predicted octanol–water partition coefficient (Wildman–Crippen LogP) is 3.12. The second-order valence-electron chi connectivity index (χ2n) is 5.99. The lowest BCUT2D eigenvalue weighted by Crippen LogP contribution is -2.44. The fraction of sp³-hybridized carbons (Fsp3) is 0.300. The van der Waals surface area contributed by atoms with Gasteiger partial charge in [-0.15, -0.1) is 0 Å². The Balaban J connectivity index is 1.93. The predicted molar refractivity (Wildman–Crippen MR) is 99.8 cm³/mol. The summed E-state index contributed by atoms with van der Waals surface area (Å²) in [7, 11) is 0. The van der Waals surface area contributed by atoms with Crippen LogP contribution in [0.2, 0.25) is 0 Å². The average Bonchev–Trinajstić information content (AvgIpc) is 2.67. The molecule has 2 aromatic carbocycles. The summed E-state index contributed by atoms with van der Waals surface area (Å²) in [4.78, 5) is 14.6. The van der Waals surface area contributed by atoms with E-state index < -0.39 is 0 Å². The van der Waals surface area contributed by atoms with Crippen molar-refractivity contribution in [3.05, 3.63) is 66.2 Å². The van der Waals surface area contributed by atoms with Gasteiger partial charge in [-0.25, -0.2) is 0 Å². The molecule has 3 rings (SSSR count). The van der Waals surface area contributed by atoms with Crippen LogP contribution in [0.4, 0.5) is 5.69 Å². The largest absolute Gasteiger partial charge is 0.379 e. The normalized spacial score (nSPS) is 17.1. The van der Waals surface area contributed by atoms with Crippen molar-refractivity contribution in [1.82, 2.24) is 4.90 Å². The molecule has 0 spiro atoms. The van der Waals surface area contributed by atoms with E-state index in [1.807, 2.05) is 60.7 Å². The number of ether oxygens (including phenoxy) is 1. The van der Waals surface area contributed by atoms with Gasteiger partial charge in [-0.1, -0.05) is 48.5 Å². The second kappa shape index (κ2) is 8.55. The minimum absolute atomic E-state index is 0.0382. The van der Waals surface area contributed by atoms with Crippen molar-refractivity contribution in [3.8, 4) is 0 Å². The molecule has 1 atom stereocenters. The zero-order chi connectivity index (χ0) is 17.5. The van der Waals surface area contributed by atoms with Crippen LogP contribution >= 0.6 is 0 Å². The van der Waals surface area contributed by atoms with Gasteiger partial charge in [-0.2, -0.15) is 5.10 Å². The number of hydrogen-bond donors (Lipinski definition) is 1. The third-order valence-corrected chi connectivity index (χ3v) is 4.23. The van der Waals surface area contributed by atoms with E-state index in [4.69, 9.17) is 4.74 Å². The van der Waals surface area contributed by atoms with Crippen LogP contribution in [0.5, 0.6) is 0 Å². The van der Waals surface area contributed by atoms with Gasteiger partial charge < -0.3 is 4.74 Å². The van der Waals surface area contributed by atoms with Gasteiger partial charge in [-0.3, -0.25) is 15.1 Å². The zero-order valence-corrected chi connectivity index (χ0v) is 14.4. The molecule has 0 radical (unpaired) electrons. The summed E-state index contributed by atoms with van der Waals surface area (Å²) in [6.45, 7) is 4.46. The smallest absolute Gasteiger partial charge is 0.177 e. The van der Waals surface area contributed by atoms with Crippen molar-refractivity contribution in [1.29, 1.82) is 0 Å². The monoisotopic (exact) mass is 337 g/mol. The van der Waals surface area contributed by atoms with Crippen LogP contribution in [0.1, 0.15) is 18.5 Å². The van der Waals surface area contributed by atoms with Crippen molar-refractivity contribution in [2.24, 2.45) is 5.10 Å². The van der Waals surface area contributed by atoms with Gasteiger partial charge in [0.1, 0.15) is 5.71 Å². The molecule has 0 saturated carbocycles. The molecule has 0 amide bonds. The number of nitrogens with one attached hydrogen (secondary N) is 1. The highest BCUT2D eigenvalue weighted by molar-refractivity contribution is 6.41. The summed E-state index contributed by atoms with van der Waals surface area (Å²) >= 11 is 0. The molecular formula is C20H23N3O2. The molecule has 1 N–H and O–H groups in total. The highest BCUT2D eigenvalue weighted by atomic mass is 16.5. The molecule has 0 bridgehead atoms. The molecule has 1 aliphatic heterocycles. The highest BCUT2D eigenvalue weighted by Crippen LogP contribution is 2.24. The molecule has 5 nitrogen and oxygen atoms in total. The van der Waals surface area contributed by atoms with E-state index in [1.165, 1.54) is 0 Å². The molecule has 1 unspecified atom stereocenters. The number of morpholine rings is 1. The van der Waals surface area contributed by atoms with Crippen LogP contribution < -0.4 is 5.43 Å². The standard InChI is InChI=1S/C20H23N3O2/c1-16(24)19(22-21-18-10-6-3-7-11-18)20(17-8-4-2-5-9-17)23-12-14-25-15-13-23/h2-11,20-21H,12-15H2,1H3/b22-19+. The number of hydrogen-bond acceptors (Lipinski definition) is 5. The third-order valence-electron chi connectivity index (χ3n) is 4.23. The van der Waals surface area contributed by atoms with Crippen LogP contribution in [-0.2, 0) is 9.53 Å². The molecule has 0 aliphatic carbocycles. The molecular weight excluding hydrogens is 314 g/mol. The SMILES string of the molecule is CC(=O)/C(=N\Nc1ccccc1)C(c1ccccc1)N1CCOCC1. The Morgan fingerprint density at radius 2 is 1.64 bits per heavy atom. The number of ketones is 1. The Kier molecular flexibility index (Phi) is 5.93. The van der Waals surface area contributed by atoms with Gasteiger partial charge in [0.05, 0.1) is 24.9 Å². The lowest BCUT2D eigenvalue weighted by molar-refractivity contribution is -0.111. The number of rotatable bonds is 6. The van der Waals surface area contributed by atoms with Crippen LogP contribution in [0.3, 0.4) is 0 Å². The molecule has 1 saturated heterocycles. The molecule has 1 aliphatic rings. The number of carbonyl (C=O) groups is 1. The van der Waals surface area contributed by atoms with Crippen LogP contribution in [0.25, 0.3) is 0 Å². The van der Waals surface area contributed by atoms with Crippen molar-refractivity contribution in [3.63, 3.8) is 0 Å². The summed E-state index contributed by atoms with van der Waals surface area (Å²) in [5.74, 6) is -0.0382. The van der Waals surface area contributed by atoms with Crippen molar-refractivity contribution in [2.45, 2.75) is 13.0 Å². The first-order valence-electron chi connectivity index (χ1n) is 8.52. The van der Waals surface area contributed by atoms with Crippen molar-refractivity contribution >= 4 is 17.2 Å². The Labute approximate surface area is 148 Å².